The Labute approximate surface area is 205 Å². The largest absolute Gasteiger partial charge is 0.357 e. The van der Waals surface area contributed by atoms with Crippen LogP contribution in [0.25, 0.3) is 16.7 Å². The molecule has 1 aliphatic heterocycles. The summed E-state index contributed by atoms with van der Waals surface area (Å²) in [5.74, 6) is 0.249. The number of nitrogens with one attached hydrogen (secondary N) is 1. The fourth-order valence-electron chi connectivity index (χ4n) is 7.60. The van der Waals surface area contributed by atoms with E-state index in [4.69, 9.17) is 0 Å². The number of H-pyrrole nitrogens is 1. The van der Waals surface area contributed by atoms with Gasteiger partial charge in [-0.1, -0.05) is 5.21 Å². The van der Waals surface area contributed by atoms with Crippen LogP contribution in [0.2, 0.25) is 0 Å². The minimum atomic E-state index is -0.791. The number of aromatic nitrogens is 5. The zero-order valence-electron chi connectivity index (χ0n) is 19.7. The van der Waals surface area contributed by atoms with Crippen LogP contribution in [0, 0.1) is 29.0 Å². The Hall–Kier alpha value is -3.63. The van der Waals surface area contributed by atoms with Crippen LogP contribution in [-0.4, -0.2) is 78.5 Å². The lowest BCUT2D eigenvalue weighted by atomic mass is 9.74. The molecule has 0 radical (unpaired) electrons. The van der Waals surface area contributed by atoms with Crippen LogP contribution >= 0.6 is 0 Å². The van der Waals surface area contributed by atoms with Gasteiger partial charge in [0.1, 0.15) is 0 Å². The van der Waals surface area contributed by atoms with E-state index in [1.165, 1.54) is 41.2 Å². The molecule has 1 saturated heterocycles. The van der Waals surface area contributed by atoms with Crippen LogP contribution in [0.3, 0.4) is 0 Å². The van der Waals surface area contributed by atoms with Gasteiger partial charge in [-0.15, -0.1) is 5.10 Å². The molecule has 4 heterocycles. The van der Waals surface area contributed by atoms with Gasteiger partial charge in [0.2, 0.25) is 5.91 Å². The second kappa shape index (κ2) is 7.68. The van der Waals surface area contributed by atoms with Crippen molar-refractivity contribution in [2.24, 2.45) is 23.2 Å². The van der Waals surface area contributed by atoms with Crippen LogP contribution < -0.4 is 0 Å². The number of Topliss-reactive ketones (excluding diaryl/α,β-unsaturated/α-hetero) is 1. The van der Waals surface area contributed by atoms with Gasteiger partial charge in [0, 0.05) is 32.4 Å². The van der Waals surface area contributed by atoms with Crippen molar-refractivity contribution in [3.8, 4) is 5.82 Å². The summed E-state index contributed by atoms with van der Waals surface area (Å²) in [6, 6.07) is 0. The molecule has 3 aromatic rings. The van der Waals surface area contributed by atoms with E-state index in [2.05, 4.69) is 20.3 Å². The molecule has 4 saturated carbocycles. The van der Waals surface area contributed by atoms with Gasteiger partial charge in [0.05, 0.1) is 40.5 Å². The van der Waals surface area contributed by atoms with Crippen molar-refractivity contribution in [2.45, 2.75) is 32.1 Å². The molecule has 8 rings (SSSR count). The standard InChI is InChI=1S/C25H26FN7O3/c26-18-13-28-22(33-2-1-29-30-33)20-19(18)17(12-27-20)21(34)23(35)31-3-5-32(6-4-31)24(36)25-10-14-7-15(11-25)9-16(25)8-14/h1-2,12-16,27H,3-11H2. The highest BCUT2D eigenvalue weighted by Crippen LogP contribution is 2.65. The normalized spacial score (nSPS) is 28.9. The average molecular weight is 492 g/mol. The summed E-state index contributed by atoms with van der Waals surface area (Å²) in [5, 5.41) is 7.60. The van der Waals surface area contributed by atoms with Crippen molar-refractivity contribution < 1.29 is 18.8 Å². The van der Waals surface area contributed by atoms with Gasteiger partial charge in [-0.05, 0) is 49.9 Å². The smallest absolute Gasteiger partial charge is 0.295 e. The first-order valence-corrected chi connectivity index (χ1v) is 12.6. The number of halogens is 1. The van der Waals surface area contributed by atoms with Crippen LogP contribution in [0.5, 0.6) is 0 Å². The highest BCUT2D eigenvalue weighted by atomic mass is 19.1. The predicted octanol–water partition coefficient (Wildman–Crippen LogP) is 1.96. The Bertz CT molecular complexity index is 1380. The van der Waals surface area contributed by atoms with Crippen molar-refractivity contribution in [1.82, 2.24) is 34.8 Å². The predicted molar refractivity (Wildman–Crippen MR) is 124 cm³/mol. The molecule has 2 atom stereocenters. The molecule has 5 aliphatic rings. The zero-order chi connectivity index (χ0) is 24.6. The molecule has 1 N–H and O–H groups in total. The van der Waals surface area contributed by atoms with Crippen molar-refractivity contribution in [3.63, 3.8) is 0 Å². The van der Waals surface area contributed by atoms with Crippen LogP contribution in [0.15, 0.2) is 24.8 Å². The van der Waals surface area contributed by atoms with Crippen molar-refractivity contribution >= 4 is 28.5 Å². The zero-order valence-corrected chi connectivity index (χ0v) is 19.7. The Balaban J connectivity index is 1.07. The van der Waals surface area contributed by atoms with E-state index in [-0.39, 0.29) is 33.6 Å². The van der Waals surface area contributed by atoms with Gasteiger partial charge in [-0.3, -0.25) is 14.4 Å². The van der Waals surface area contributed by atoms with E-state index in [1.54, 1.807) is 6.20 Å². The number of ketones is 1. The number of hydrogen-bond acceptors (Lipinski definition) is 6. The van der Waals surface area contributed by atoms with Crippen LogP contribution in [0.4, 0.5) is 4.39 Å². The van der Waals surface area contributed by atoms with Crippen LogP contribution in [0.1, 0.15) is 42.5 Å². The molecule has 5 fully saturated rings. The highest BCUT2D eigenvalue weighted by Gasteiger charge is 2.62. The van der Waals surface area contributed by atoms with Gasteiger partial charge >= 0.3 is 0 Å². The number of amides is 2. The summed E-state index contributed by atoms with van der Waals surface area (Å²) in [6.07, 6.45) is 11.0. The number of pyridine rings is 1. The first kappa shape index (κ1) is 21.6. The van der Waals surface area contributed by atoms with Crippen molar-refractivity contribution in [2.75, 3.05) is 26.2 Å². The third kappa shape index (κ3) is 3.00. The van der Waals surface area contributed by atoms with Crippen LogP contribution in [-0.2, 0) is 9.59 Å². The summed E-state index contributed by atoms with van der Waals surface area (Å²) in [5.41, 5.74) is 0.0205. The molecule has 10 nitrogen and oxygen atoms in total. The highest BCUT2D eigenvalue weighted by molar-refractivity contribution is 6.45. The maximum Gasteiger partial charge on any atom is 0.295 e. The van der Waals surface area contributed by atoms with E-state index in [1.807, 2.05) is 4.90 Å². The molecule has 11 heteroatoms. The third-order valence-corrected chi connectivity index (χ3v) is 8.99. The maximum atomic E-state index is 14.7. The van der Waals surface area contributed by atoms with Crippen molar-refractivity contribution in [1.29, 1.82) is 0 Å². The Morgan fingerprint density at radius 3 is 2.44 bits per heavy atom. The number of fused-ring (bicyclic) bond motifs is 1. The van der Waals surface area contributed by atoms with E-state index < -0.39 is 17.5 Å². The number of carbonyl (C=O) groups is 3. The number of piperazine rings is 1. The van der Waals surface area contributed by atoms with Gasteiger partial charge in [-0.2, -0.15) is 0 Å². The molecule has 4 aliphatic carbocycles. The number of aromatic amines is 1. The fourth-order valence-corrected chi connectivity index (χ4v) is 7.60. The summed E-state index contributed by atoms with van der Waals surface area (Å²) >= 11 is 0. The molecule has 3 aromatic heterocycles. The second-order valence-electron chi connectivity index (χ2n) is 10.8. The number of hydrogen-bond donors (Lipinski definition) is 1. The van der Waals surface area contributed by atoms with E-state index >= 15 is 0 Å². The van der Waals surface area contributed by atoms with E-state index in [0.717, 1.165) is 19.0 Å². The lowest BCUT2D eigenvalue weighted by molar-refractivity contribution is -0.147. The number of carbonyl (C=O) groups excluding carboxylic acids is 3. The molecule has 0 aromatic carbocycles. The number of nitrogens with zero attached hydrogens (tertiary/aromatic N) is 6. The molecule has 2 unspecified atom stereocenters. The summed E-state index contributed by atoms with van der Waals surface area (Å²) in [6.45, 7) is 1.43. The third-order valence-electron chi connectivity index (χ3n) is 8.99. The quantitative estimate of drug-likeness (QED) is 0.441. The van der Waals surface area contributed by atoms with Gasteiger partial charge in [0.25, 0.3) is 11.7 Å². The molecule has 2 amide bonds. The van der Waals surface area contributed by atoms with Gasteiger partial charge in [0.15, 0.2) is 11.6 Å². The molecular formula is C25H26FN7O3. The summed E-state index contributed by atoms with van der Waals surface area (Å²) < 4.78 is 16.1. The van der Waals surface area contributed by atoms with Gasteiger partial charge in [-0.25, -0.2) is 14.1 Å². The molecule has 0 spiro atoms. The molecular weight excluding hydrogens is 465 g/mol. The average Bonchev–Trinajstić information content (AvgIpc) is 3.66. The summed E-state index contributed by atoms with van der Waals surface area (Å²) in [4.78, 5) is 50.2. The lowest BCUT2D eigenvalue weighted by Gasteiger charge is -2.40. The first-order chi connectivity index (χ1) is 17.4. The lowest BCUT2D eigenvalue weighted by Crippen LogP contribution is -2.55. The Morgan fingerprint density at radius 1 is 1.03 bits per heavy atom. The van der Waals surface area contributed by atoms with E-state index in [0.29, 0.717) is 43.9 Å². The summed E-state index contributed by atoms with van der Waals surface area (Å²) in [7, 11) is 0. The maximum absolute atomic E-state index is 14.7. The molecule has 4 bridgehead atoms. The van der Waals surface area contributed by atoms with E-state index in [9.17, 15) is 18.8 Å². The molecule has 36 heavy (non-hydrogen) atoms. The minimum Gasteiger partial charge on any atom is -0.357 e. The second-order valence-corrected chi connectivity index (χ2v) is 10.8. The fraction of sp³-hybridized carbons (Fsp3) is 0.520. The topological polar surface area (TPSA) is 117 Å². The molecule has 186 valence electrons. The Morgan fingerprint density at radius 2 is 1.75 bits per heavy atom. The monoisotopic (exact) mass is 491 g/mol. The number of rotatable bonds is 4. The van der Waals surface area contributed by atoms with Crippen molar-refractivity contribution in [3.05, 3.63) is 36.2 Å². The minimum absolute atomic E-state index is 0.00571. The van der Waals surface area contributed by atoms with Gasteiger partial charge < -0.3 is 14.8 Å². The SMILES string of the molecule is O=C(C(=O)N1CCN(C(=O)C23CC4CC(CC2C4)C3)CC1)c1c[nH]c2c(-n3ccnn3)ncc(F)c12. The first-order valence-electron chi connectivity index (χ1n) is 12.6. The Kier molecular flexibility index (Phi) is 4.62.